The highest BCUT2D eigenvalue weighted by atomic mass is 35.5. The van der Waals surface area contributed by atoms with Crippen molar-refractivity contribution in [3.05, 3.63) is 63.8 Å². The first-order chi connectivity index (χ1) is 24.7. The number of rotatable bonds is 9. The number of imidazole rings is 1. The molecule has 2 saturated heterocycles. The lowest BCUT2D eigenvalue weighted by molar-refractivity contribution is -0.134. The second-order valence-corrected chi connectivity index (χ2v) is 15.3. The number of aliphatic hydroxyl groups is 1. The van der Waals surface area contributed by atoms with Gasteiger partial charge in [0.1, 0.15) is 5.02 Å². The van der Waals surface area contributed by atoms with Crippen LogP contribution in [0, 0.1) is 5.92 Å². The van der Waals surface area contributed by atoms with Gasteiger partial charge in [0.15, 0.2) is 5.82 Å². The molecule has 5 aromatic rings. The number of carbonyl (C=O) groups is 2. The molecule has 5 heterocycles. The minimum absolute atomic E-state index is 0.140. The van der Waals surface area contributed by atoms with E-state index in [1.165, 1.54) is 0 Å². The first-order valence-corrected chi connectivity index (χ1v) is 18.1. The van der Waals surface area contributed by atoms with Crippen molar-refractivity contribution in [1.82, 2.24) is 34.2 Å². The molecule has 2 amide bonds. The Morgan fingerprint density at radius 1 is 1.08 bits per heavy atom. The number of imide groups is 1. The molecule has 3 atom stereocenters. The fraction of sp³-hybridized carbons (Fsp3) is 0.459. The van der Waals surface area contributed by atoms with Crippen LogP contribution in [0.1, 0.15) is 58.1 Å². The van der Waals surface area contributed by atoms with Crippen molar-refractivity contribution < 1.29 is 14.7 Å². The van der Waals surface area contributed by atoms with E-state index in [0.29, 0.717) is 48.3 Å². The molecule has 0 spiro atoms. The fourth-order valence-electron chi connectivity index (χ4n) is 7.61. The molecule has 2 aliphatic rings. The van der Waals surface area contributed by atoms with Gasteiger partial charge in [0.2, 0.25) is 17.8 Å². The Morgan fingerprint density at radius 3 is 2.60 bits per heavy atom. The molecule has 0 aliphatic carbocycles. The average molecular weight is 729 g/mol. The number of carbonyl (C=O) groups excluding carboxylic acids is 2. The normalized spacial score (nSPS) is 19.8. The Kier molecular flexibility index (Phi) is 9.24. The third kappa shape index (κ3) is 6.72. The summed E-state index contributed by atoms with van der Waals surface area (Å²) in [7, 11) is 5.74. The van der Waals surface area contributed by atoms with Gasteiger partial charge in [-0.3, -0.25) is 28.7 Å². The molecule has 274 valence electrons. The van der Waals surface area contributed by atoms with Crippen LogP contribution in [0.4, 0.5) is 23.1 Å². The maximum absolute atomic E-state index is 13.0. The number of aryl methyl sites for hydroxylation is 3. The zero-order chi connectivity index (χ0) is 37.1. The van der Waals surface area contributed by atoms with E-state index >= 15 is 0 Å². The summed E-state index contributed by atoms with van der Waals surface area (Å²) in [6, 6.07) is 12.2. The third-order valence-electron chi connectivity index (χ3n) is 10.6. The quantitative estimate of drug-likeness (QED) is 0.186. The van der Waals surface area contributed by atoms with Gasteiger partial charge < -0.3 is 20.2 Å². The van der Waals surface area contributed by atoms with E-state index in [1.807, 2.05) is 36.0 Å². The summed E-state index contributed by atoms with van der Waals surface area (Å²) in [5.41, 5.74) is 3.94. The molecule has 1 unspecified atom stereocenters. The largest absolute Gasteiger partial charge is 0.390 e. The number of hydrogen-bond acceptors (Lipinski definition) is 10. The molecule has 0 radical (unpaired) electrons. The van der Waals surface area contributed by atoms with Gasteiger partial charge in [-0.05, 0) is 75.4 Å². The number of nitrogens with zero attached hydrogens (tertiary/aromatic N) is 8. The number of amides is 2. The molecule has 2 aliphatic heterocycles. The molecule has 7 rings (SSSR count). The topological polar surface area (TPSA) is 155 Å². The summed E-state index contributed by atoms with van der Waals surface area (Å²) in [4.78, 5) is 51.2. The molecule has 2 aromatic carbocycles. The van der Waals surface area contributed by atoms with Crippen molar-refractivity contribution in [3.63, 3.8) is 0 Å². The molecule has 52 heavy (non-hydrogen) atoms. The van der Waals surface area contributed by atoms with Gasteiger partial charge in [-0.15, -0.1) is 0 Å². The van der Waals surface area contributed by atoms with E-state index in [2.05, 4.69) is 51.5 Å². The summed E-state index contributed by atoms with van der Waals surface area (Å²) < 4.78 is 5.11. The smallest absolute Gasteiger partial charge is 0.328 e. The van der Waals surface area contributed by atoms with Crippen LogP contribution >= 0.6 is 11.6 Å². The Labute approximate surface area is 306 Å². The van der Waals surface area contributed by atoms with Gasteiger partial charge in [-0.25, -0.2) is 9.78 Å². The number of halogens is 1. The van der Waals surface area contributed by atoms with E-state index < -0.39 is 11.5 Å². The van der Waals surface area contributed by atoms with Gasteiger partial charge in [0.25, 0.3) is 0 Å². The van der Waals surface area contributed by atoms with Crippen molar-refractivity contribution in [1.29, 1.82) is 0 Å². The maximum Gasteiger partial charge on any atom is 0.328 e. The molecule has 0 bridgehead atoms. The van der Waals surface area contributed by atoms with Crippen LogP contribution in [-0.4, -0.2) is 77.6 Å². The molecule has 0 saturated carbocycles. The van der Waals surface area contributed by atoms with E-state index in [4.69, 9.17) is 21.7 Å². The van der Waals surface area contributed by atoms with E-state index in [1.54, 1.807) is 36.2 Å². The van der Waals surface area contributed by atoms with Crippen LogP contribution in [0.3, 0.4) is 0 Å². The van der Waals surface area contributed by atoms with Crippen LogP contribution < -0.4 is 26.1 Å². The van der Waals surface area contributed by atoms with Crippen molar-refractivity contribution in [3.8, 4) is 0 Å². The van der Waals surface area contributed by atoms with Gasteiger partial charge in [-0.1, -0.05) is 18.5 Å². The van der Waals surface area contributed by atoms with Gasteiger partial charge in [0.05, 0.1) is 40.0 Å². The predicted molar refractivity (Wildman–Crippen MR) is 202 cm³/mol. The lowest BCUT2D eigenvalue weighted by Crippen LogP contribution is -2.49. The summed E-state index contributed by atoms with van der Waals surface area (Å²) >= 11 is 6.60. The highest BCUT2D eigenvalue weighted by molar-refractivity contribution is 6.33. The zero-order valence-electron chi connectivity index (χ0n) is 30.4. The lowest BCUT2D eigenvalue weighted by atomic mass is 9.91. The minimum atomic E-state index is -0.900. The maximum atomic E-state index is 13.0. The van der Waals surface area contributed by atoms with Crippen molar-refractivity contribution >= 4 is 68.5 Å². The first kappa shape index (κ1) is 35.5. The Hall–Kier alpha value is -4.95. The molecule has 3 N–H and O–H groups in total. The molecule has 14 nitrogen and oxygen atoms in total. The second kappa shape index (κ2) is 13.6. The summed E-state index contributed by atoms with van der Waals surface area (Å²) in [5.74, 6) is 0.366. The Bertz CT molecular complexity index is 2250. The average Bonchev–Trinajstić information content (AvgIpc) is 3.55. The van der Waals surface area contributed by atoms with Crippen molar-refractivity contribution in [2.24, 2.45) is 20.0 Å². The fourth-order valence-corrected chi connectivity index (χ4v) is 7.75. The van der Waals surface area contributed by atoms with Crippen LogP contribution in [-0.2, 0) is 30.2 Å². The zero-order valence-corrected chi connectivity index (χ0v) is 31.1. The standard InChI is InChI=1S/C37H45ClN10O4/c1-21-20-47(15-13-27(21)44(4)23-8-9-24-29(18-23)46(6)43-32(24)25-10-12-31(49)41-34(25)50)35-39-19-26(38)33(42-35)40-22-7-11-28-30(17-22)48(36(51)45(28)5)16-14-37(2,3)52/h7-9,11,17-19,21,25,27,52H,10,12-16,20H2,1-6H3,(H,39,40,42)(H,41,49,50)/t21-,25?,27-/m1/s1. The number of piperidine rings is 2. The summed E-state index contributed by atoms with van der Waals surface area (Å²) in [5, 5.41) is 22.1. The van der Waals surface area contributed by atoms with E-state index in [-0.39, 0.29) is 29.5 Å². The Balaban J connectivity index is 1.06. The first-order valence-electron chi connectivity index (χ1n) is 17.7. The van der Waals surface area contributed by atoms with Crippen LogP contribution in [0.2, 0.25) is 5.02 Å². The molecule has 2 fully saturated rings. The highest BCUT2D eigenvalue weighted by Gasteiger charge is 2.33. The third-order valence-corrected chi connectivity index (χ3v) is 10.8. The van der Waals surface area contributed by atoms with E-state index in [0.717, 1.165) is 52.8 Å². The van der Waals surface area contributed by atoms with Gasteiger partial charge in [-0.2, -0.15) is 10.1 Å². The minimum Gasteiger partial charge on any atom is -0.390 e. The van der Waals surface area contributed by atoms with Crippen LogP contribution in [0.15, 0.2) is 47.4 Å². The summed E-state index contributed by atoms with van der Waals surface area (Å²) in [6.45, 7) is 7.58. The number of anilines is 4. The SMILES string of the molecule is C[C@@H]1CN(c2ncc(Cl)c(Nc3ccc4c(c3)n(CCC(C)(C)O)c(=O)n4C)n2)CC[C@H]1N(C)c1ccc2c(C3CCC(=O)NC3=O)nn(C)c2c1. The molecule has 3 aromatic heterocycles. The van der Waals surface area contributed by atoms with E-state index in [9.17, 15) is 19.5 Å². The number of fused-ring (bicyclic) bond motifs is 2. The molecular formula is C37H45ClN10O4. The van der Waals surface area contributed by atoms with Crippen molar-refractivity contribution in [2.75, 3.05) is 35.3 Å². The number of nitrogens with one attached hydrogen (secondary N) is 2. The van der Waals surface area contributed by atoms with Gasteiger partial charge in [0, 0.05) is 70.0 Å². The number of aromatic nitrogens is 6. The second-order valence-electron chi connectivity index (χ2n) is 14.9. The summed E-state index contributed by atoms with van der Waals surface area (Å²) in [6.07, 6.45) is 3.69. The molecule has 15 heteroatoms. The van der Waals surface area contributed by atoms with Crippen LogP contribution in [0.25, 0.3) is 21.9 Å². The molecular weight excluding hydrogens is 684 g/mol. The predicted octanol–water partition coefficient (Wildman–Crippen LogP) is 4.45. The van der Waals surface area contributed by atoms with Crippen LogP contribution in [0.5, 0.6) is 0 Å². The van der Waals surface area contributed by atoms with Gasteiger partial charge >= 0.3 is 5.69 Å². The lowest BCUT2D eigenvalue weighted by Gasteiger charge is -2.42. The Morgan fingerprint density at radius 2 is 1.87 bits per heavy atom. The number of benzene rings is 2. The highest BCUT2D eigenvalue weighted by Crippen LogP contribution is 2.35. The van der Waals surface area contributed by atoms with Crippen molar-refractivity contribution in [2.45, 2.75) is 70.6 Å². The number of hydrogen-bond donors (Lipinski definition) is 3. The monoisotopic (exact) mass is 728 g/mol.